The quantitative estimate of drug-likeness (QED) is 0.0741. The first-order chi connectivity index (χ1) is 23.5. The first-order valence-electron chi connectivity index (χ1n) is 15.7. The lowest BCUT2D eigenvalue weighted by Gasteiger charge is -2.28. The fraction of sp³-hybridized carbons (Fsp3) is 0.455. The molecule has 268 valence electrons. The maximum absolute atomic E-state index is 16.5. The number of carbonyl (C=O) groups excluding carboxylic acids is 1. The van der Waals surface area contributed by atoms with E-state index in [1.54, 1.807) is 25.9 Å². The van der Waals surface area contributed by atoms with E-state index >= 15 is 4.39 Å². The van der Waals surface area contributed by atoms with Crippen molar-refractivity contribution in [3.05, 3.63) is 48.8 Å². The van der Waals surface area contributed by atoms with Crippen molar-refractivity contribution in [3.63, 3.8) is 0 Å². The number of anilines is 2. The van der Waals surface area contributed by atoms with E-state index in [1.165, 1.54) is 10.9 Å². The molecule has 0 aliphatic carbocycles. The fourth-order valence-electron chi connectivity index (χ4n) is 5.21. The van der Waals surface area contributed by atoms with E-state index in [0.29, 0.717) is 17.1 Å². The molecule has 5 rings (SSSR count). The van der Waals surface area contributed by atoms with Crippen LogP contribution in [0.1, 0.15) is 33.9 Å². The van der Waals surface area contributed by atoms with Gasteiger partial charge in [-0.05, 0) is 35.6 Å². The van der Waals surface area contributed by atoms with Crippen LogP contribution in [0.15, 0.2) is 48.8 Å². The maximum Gasteiger partial charge on any atom is 0.323 e. The lowest BCUT2D eigenvalue weighted by atomic mass is 9.97. The van der Waals surface area contributed by atoms with Gasteiger partial charge in [0.05, 0.1) is 37.1 Å². The Bertz CT molecular complexity index is 1950. The number of nitrogens with two attached hydrogens (primary N) is 1. The van der Waals surface area contributed by atoms with Gasteiger partial charge in [0.25, 0.3) is 0 Å². The van der Waals surface area contributed by atoms with Gasteiger partial charge in [-0.1, -0.05) is 63.1 Å². The predicted molar refractivity (Wildman–Crippen MR) is 197 cm³/mol. The van der Waals surface area contributed by atoms with Crippen LogP contribution >= 0.6 is 18.5 Å². The van der Waals surface area contributed by atoms with Crippen LogP contribution in [-0.2, 0) is 30.6 Å². The van der Waals surface area contributed by atoms with Crippen molar-refractivity contribution in [1.82, 2.24) is 24.6 Å². The fourth-order valence-corrected chi connectivity index (χ4v) is 9.04. The summed E-state index contributed by atoms with van der Waals surface area (Å²) in [6.45, 7) is 7.29. The number of nitrogens with one attached hydrogen (secondary N) is 1. The zero-order valence-electron chi connectivity index (χ0n) is 28.6. The number of aliphatic hydroxyl groups is 1. The van der Waals surface area contributed by atoms with Crippen molar-refractivity contribution >= 4 is 69.9 Å². The predicted octanol–water partition coefficient (Wildman–Crippen LogP) is 4.81. The lowest BCUT2D eigenvalue weighted by Crippen LogP contribution is -2.42. The molecule has 0 amide bonds. The van der Waals surface area contributed by atoms with Crippen LogP contribution in [0.4, 0.5) is 16.2 Å². The summed E-state index contributed by atoms with van der Waals surface area (Å²) >= 11 is 7.04. The molecule has 0 saturated carbocycles. The lowest BCUT2D eigenvalue weighted by molar-refractivity contribution is -0.148. The van der Waals surface area contributed by atoms with Crippen LogP contribution in [0.2, 0.25) is 0 Å². The third kappa shape index (κ3) is 8.15. The van der Waals surface area contributed by atoms with E-state index < -0.39 is 42.5 Å². The number of alkyl halides is 1. The van der Waals surface area contributed by atoms with Crippen molar-refractivity contribution in [3.8, 4) is 18.1 Å². The number of hydrogen-bond acceptors (Lipinski definition) is 13. The molecular formula is C33H41FN7O6PS2. The van der Waals surface area contributed by atoms with Gasteiger partial charge in [-0.25, -0.2) is 9.37 Å². The number of ether oxygens (including phenoxy) is 2. The summed E-state index contributed by atoms with van der Waals surface area (Å²) in [5.74, 6) is 2.50. The average Bonchev–Trinajstić information content (AvgIpc) is 3.59. The molecule has 0 radical (unpaired) electrons. The van der Waals surface area contributed by atoms with E-state index in [1.807, 2.05) is 63.2 Å². The van der Waals surface area contributed by atoms with Crippen molar-refractivity contribution in [2.24, 2.45) is 5.41 Å². The number of terminal acetylenes is 1. The Kier molecular flexibility index (Phi) is 11.3. The van der Waals surface area contributed by atoms with Crippen LogP contribution in [0.3, 0.4) is 0 Å². The molecular weight excluding hydrogens is 705 g/mol. The number of imidazole rings is 1. The summed E-state index contributed by atoms with van der Waals surface area (Å²) in [7, 11) is 3.50. The van der Waals surface area contributed by atoms with Gasteiger partial charge in [0, 0.05) is 19.5 Å². The molecule has 4 aromatic rings. The molecule has 1 saturated heterocycles. The van der Waals surface area contributed by atoms with Crippen LogP contribution in [0.25, 0.3) is 21.9 Å². The summed E-state index contributed by atoms with van der Waals surface area (Å²) < 4.78 is 41.7. The Morgan fingerprint density at radius 1 is 1.30 bits per heavy atom. The number of benzene rings is 2. The normalized spacial score (nSPS) is 22.6. The maximum atomic E-state index is 16.5. The van der Waals surface area contributed by atoms with Gasteiger partial charge in [-0.3, -0.25) is 14.4 Å². The molecule has 50 heavy (non-hydrogen) atoms. The number of halogens is 1. The summed E-state index contributed by atoms with van der Waals surface area (Å²) in [4.78, 5) is 27.4. The minimum Gasteiger partial charge on any atom is -0.464 e. The molecule has 1 aliphatic rings. The van der Waals surface area contributed by atoms with Gasteiger partial charge < -0.3 is 33.9 Å². The van der Waals surface area contributed by atoms with Gasteiger partial charge in [0.2, 0.25) is 11.6 Å². The molecule has 13 nitrogen and oxygen atoms in total. The second-order valence-corrected chi connectivity index (χ2v) is 18.4. The Balaban J connectivity index is 1.37. The number of fused-ring (bicyclic) bond motifs is 2. The first kappa shape index (κ1) is 37.7. The second kappa shape index (κ2) is 15.0. The van der Waals surface area contributed by atoms with Crippen molar-refractivity contribution in [2.75, 3.05) is 43.4 Å². The van der Waals surface area contributed by atoms with Crippen molar-refractivity contribution in [1.29, 1.82) is 0 Å². The summed E-state index contributed by atoms with van der Waals surface area (Å²) in [5, 5.41) is 16.2. The van der Waals surface area contributed by atoms with Crippen LogP contribution < -0.4 is 19.9 Å². The number of nitrogens with zero attached hydrogens (tertiary/aromatic N) is 5. The molecule has 1 unspecified atom stereocenters. The van der Waals surface area contributed by atoms with E-state index in [0.717, 1.165) is 22.8 Å². The van der Waals surface area contributed by atoms with Gasteiger partial charge in [0.1, 0.15) is 30.4 Å². The molecule has 2 aromatic heterocycles. The third-order valence-corrected chi connectivity index (χ3v) is 12.7. The van der Waals surface area contributed by atoms with E-state index in [-0.39, 0.29) is 35.7 Å². The highest BCUT2D eigenvalue weighted by atomic mass is 32.5. The summed E-state index contributed by atoms with van der Waals surface area (Å²) in [5.41, 5.74) is 3.56. The van der Waals surface area contributed by atoms with Crippen molar-refractivity contribution < 1.29 is 32.5 Å². The SMILES string of the molecule is C#C[C@@]1(F)[C@H](O)[C@@H](COP(=S)(CSOc2cccc3ccccc23)N[C@@H](C)C(=O)OCC(C)(C)C)O[C@H]1n1cnc2c(N(C)C)nc(N)nc21. The number of esters is 1. The average molecular weight is 746 g/mol. The Hall–Kier alpha value is -3.55. The molecule has 1 aliphatic heterocycles. The minimum absolute atomic E-state index is 0.0725. The molecule has 0 bridgehead atoms. The monoisotopic (exact) mass is 745 g/mol. The minimum atomic E-state index is -3.17. The molecule has 17 heteroatoms. The van der Waals surface area contributed by atoms with E-state index in [2.05, 4.69) is 26.0 Å². The van der Waals surface area contributed by atoms with Gasteiger partial charge in [-0.2, -0.15) is 9.97 Å². The highest BCUT2D eigenvalue weighted by Crippen LogP contribution is 2.50. The number of aromatic nitrogens is 4. The molecule has 3 heterocycles. The van der Waals surface area contributed by atoms with E-state index in [9.17, 15) is 9.90 Å². The number of hydrogen-bond donors (Lipinski definition) is 3. The van der Waals surface area contributed by atoms with Gasteiger partial charge >= 0.3 is 5.97 Å². The summed E-state index contributed by atoms with van der Waals surface area (Å²) in [6, 6.07) is 12.6. The number of rotatable bonds is 13. The molecule has 0 spiro atoms. The second-order valence-electron chi connectivity index (χ2n) is 13.3. The van der Waals surface area contributed by atoms with Crippen LogP contribution in [0.5, 0.6) is 5.75 Å². The topological polar surface area (TPSA) is 159 Å². The highest BCUT2D eigenvalue weighted by molar-refractivity contribution is 8.18. The van der Waals surface area contributed by atoms with Crippen LogP contribution in [0, 0.1) is 17.8 Å². The largest absolute Gasteiger partial charge is 0.464 e. The van der Waals surface area contributed by atoms with Crippen molar-refractivity contribution in [2.45, 2.75) is 57.8 Å². The summed E-state index contributed by atoms with van der Waals surface area (Å²) in [6.07, 6.45) is -0.860. The molecule has 2 aromatic carbocycles. The number of aliphatic hydroxyl groups excluding tert-OH is 1. The smallest absolute Gasteiger partial charge is 0.323 e. The molecule has 1 fully saturated rings. The Morgan fingerprint density at radius 2 is 2.02 bits per heavy atom. The zero-order valence-corrected chi connectivity index (χ0v) is 31.1. The zero-order chi connectivity index (χ0) is 36.4. The Morgan fingerprint density at radius 3 is 2.72 bits per heavy atom. The Labute approximate surface area is 299 Å². The number of nitrogen functional groups attached to an aromatic ring is 1. The number of carbonyl (C=O) groups is 1. The standard InChI is InChI=1S/C33H41FN7O6PS2/c1-8-33(34)26(42)24(46-30(33)41-18-36-25-27(40(6)7)37-31(35)38-28(25)41)16-45-48(49,39-20(2)29(43)44-17-32(3,4)5)19-50-47-23-15-11-13-21-12-9-10-14-22(21)23/h1,9-15,18,20,24,26,30,42H,16-17,19H2,2-7H3,(H,39,49)(H2,35,37,38)/t20-,24+,26+,30+,33+,48?/m0/s1. The van der Waals surface area contributed by atoms with E-state index in [4.69, 9.17) is 42.1 Å². The van der Waals surface area contributed by atoms with Gasteiger partial charge in [0.15, 0.2) is 23.2 Å². The molecule has 6 atom stereocenters. The third-order valence-electron chi connectivity index (χ3n) is 7.72. The highest BCUT2D eigenvalue weighted by Gasteiger charge is 2.58. The van der Waals surface area contributed by atoms with Crippen LogP contribution in [-0.4, -0.2) is 87.3 Å². The first-order valence-corrected chi connectivity index (χ1v) is 19.5. The van der Waals surface area contributed by atoms with Gasteiger partial charge in [-0.15, -0.1) is 6.42 Å². The molecule has 4 N–H and O–H groups in total.